The van der Waals surface area contributed by atoms with Crippen molar-refractivity contribution in [2.24, 2.45) is 0 Å². The van der Waals surface area contributed by atoms with Crippen molar-refractivity contribution in [1.82, 2.24) is 4.98 Å². The molecule has 0 saturated carbocycles. The molecule has 0 spiro atoms. The van der Waals surface area contributed by atoms with Gasteiger partial charge in [0.05, 0.1) is 5.69 Å². The number of aromatic nitrogens is 1. The zero-order chi connectivity index (χ0) is 13.0. The standard InChI is InChI=1S/C11H12Cl2N2O2/c1-6-5-8(12)14-11(13)10(6)15-9(17)4-3-7(2)16/h5H,3-4H2,1-2H3,(H,15,17). The van der Waals surface area contributed by atoms with Gasteiger partial charge in [0.2, 0.25) is 5.91 Å². The number of ketones is 1. The topological polar surface area (TPSA) is 59.1 Å². The molecule has 4 nitrogen and oxygen atoms in total. The van der Waals surface area contributed by atoms with Gasteiger partial charge in [-0.25, -0.2) is 4.98 Å². The van der Waals surface area contributed by atoms with E-state index in [0.29, 0.717) is 5.69 Å². The van der Waals surface area contributed by atoms with Gasteiger partial charge in [0.15, 0.2) is 5.15 Å². The van der Waals surface area contributed by atoms with Gasteiger partial charge in [0.1, 0.15) is 10.9 Å². The molecule has 0 bridgehead atoms. The van der Waals surface area contributed by atoms with Gasteiger partial charge in [-0.1, -0.05) is 23.2 Å². The summed E-state index contributed by atoms with van der Waals surface area (Å²) in [5.74, 6) is -0.300. The lowest BCUT2D eigenvalue weighted by molar-refractivity contribution is -0.121. The van der Waals surface area contributed by atoms with Gasteiger partial charge in [0.25, 0.3) is 0 Å². The van der Waals surface area contributed by atoms with E-state index in [2.05, 4.69) is 10.3 Å². The molecule has 0 aromatic carbocycles. The van der Waals surface area contributed by atoms with Crippen LogP contribution in [-0.2, 0) is 9.59 Å². The lowest BCUT2D eigenvalue weighted by atomic mass is 10.2. The maximum absolute atomic E-state index is 11.5. The SMILES string of the molecule is CC(=O)CCC(=O)Nc1c(C)cc(Cl)nc1Cl. The molecule has 0 aliphatic heterocycles. The number of hydrogen-bond acceptors (Lipinski definition) is 3. The van der Waals surface area contributed by atoms with Crippen molar-refractivity contribution in [2.75, 3.05) is 5.32 Å². The second-order valence-electron chi connectivity index (χ2n) is 3.68. The van der Waals surface area contributed by atoms with Crippen molar-refractivity contribution in [2.45, 2.75) is 26.7 Å². The number of halogens is 2. The highest BCUT2D eigenvalue weighted by Crippen LogP contribution is 2.26. The van der Waals surface area contributed by atoms with Crippen LogP contribution >= 0.6 is 23.2 Å². The Labute approximate surface area is 109 Å². The van der Waals surface area contributed by atoms with Gasteiger partial charge < -0.3 is 10.1 Å². The van der Waals surface area contributed by atoms with Crippen LogP contribution in [0.5, 0.6) is 0 Å². The van der Waals surface area contributed by atoms with Crippen LogP contribution < -0.4 is 5.32 Å². The van der Waals surface area contributed by atoms with Crippen LogP contribution in [0, 0.1) is 6.92 Å². The molecule has 0 aliphatic carbocycles. The summed E-state index contributed by atoms with van der Waals surface area (Å²) in [6.07, 6.45) is 0.344. The molecule has 0 saturated heterocycles. The van der Waals surface area contributed by atoms with Crippen LogP contribution in [0.25, 0.3) is 0 Å². The van der Waals surface area contributed by atoms with Gasteiger partial charge in [0, 0.05) is 12.8 Å². The monoisotopic (exact) mass is 274 g/mol. The van der Waals surface area contributed by atoms with Crippen molar-refractivity contribution in [3.8, 4) is 0 Å². The highest BCUT2D eigenvalue weighted by Gasteiger charge is 2.11. The maximum atomic E-state index is 11.5. The molecule has 6 heteroatoms. The Balaban J connectivity index is 2.75. The summed E-state index contributed by atoms with van der Waals surface area (Å²) < 4.78 is 0. The second kappa shape index (κ2) is 5.98. The first-order chi connectivity index (χ1) is 7.90. The number of aryl methyl sites for hydroxylation is 1. The van der Waals surface area contributed by atoms with Crippen LogP contribution in [0.15, 0.2) is 6.07 Å². The molecule has 1 heterocycles. The number of hydrogen-bond donors (Lipinski definition) is 1. The lowest BCUT2D eigenvalue weighted by Gasteiger charge is -2.09. The van der Waals surface area contributed by atoms with E-state index in [0.717, 1.165) is 5.56 Å². The van der Waals surface area contributed by atoms with Gasteiger partial charge in [-0.15, -0.1) is 0 Å². The maximum Gasteiger partial charge on any atom is 0.224 e. The van der Waals surface area contributed by atoms with Gasteiger partial charge in [-0.2, -0.15) is 0 Å². The van der Waals surface area contributed by atoms with E-state index < -0.39 is 0 Å². The van der Waals surface area contributed by atoms with E-state index in [1.165, 1.54) is 6.92 Å². The lowest BCUT2D eigenvalue weighted by Crippen LogP contribution is -2.14. The summed E-state index contributed by atoms with van der Waals surface area (Å²) >= 11 is 11.6. The second-order valence-corrected chi connectivity index (χ2v) is 4.42. The fourth-order valence-corrected chi connectivity index (χ4v) is 1.82. The number of Topliss-reactive ketones (excluding diaryl/α,β-unsaturated/α-hetero) is 1. The molecule has 0 aliphatic rings. The smallest absolute Gasteiger partial charge is 0.224 e. The average Bonchev–Trinajstić information content (AvgIpc) is 2.20. The zero-order valence-electron chi connectivity index (χ0n) is 9.51. The normalized spacial score (nSPS) is 10.1. The molecule has 17 heavy (non-hydrogen) atoms. The molecule has 0 unspecified atom stereocenters. The quantitative estimate of drug-likeness (QED) is 0.859. The number of pyridine rings is 1. The number of nitrogens with zero attached hydrogens (tertiary/aromatic N) is 1. The number of rotatable bonds is 4. The summed E-state index contributed by atoms with van der Waals surface area (Å²) in [4.78, 5) is 26.1. The average molecular weight is 275 g/mol. The summed E-state index contributed by atoms with van der Waals surface area (Å²) in [5.41, 5.74) is 1.16. The first-order valence-electron chi connectivity index (χ1n) is 5.02. The number of anilines is 1. The Morgan fingerprint density at radius 2 is 2.00 bits per heavy atom. The van der Waals surface area contributed by atoms with E-state index in [1.54, 1.807) is 13.0 Å². The van der Waals surface area contributed by atoms with E-state index in [4.69, 9.17) is 23.2 Å². The third-order valence-corrected chi connectivity index (χ3v) is 2.58. The van der Waals surface area contributed by atoms with Gasteiger partial charge in [-0.3, -0.25) is 4.79 Å². The Bertz CT molecular complexity index is 438. The molecule has 1 aromatic rings. The number of carbonyl (C=O) groups is 2. The van der Waals surface area contributed by atoms with Crippen LogP contribution in [0.2, 0.25) is 10.3 Å². The van der Waals surface area contributed by atoms with E-state index >= 15 is 0 Å². The van der Waals surface area contributed by atoms with Crippen LogP contribution in [0.4, 0.5) is 5.69 Å². The molecule has 0 radical (unpaired) electrons. The number of carbonyl (C=O) groups excluding carboxylic acids is 2. The summed E-state index contributed by atoms with van der Waals surface area (Å²) in [6.45, 7) is 3.20. The third kappa shape index (κ3) is 4.32. The van der Waals surface area contributed by atoms with E-state index in [-0.39, 0.29) is 34.8 Å². The Morgan fingerprint density at radius 3 is 2.53 bits per heavy atom. The Morgan fingerprint density at radius 1 is 1.35 bits per heavy atom. The fourth-order valence-electron chi connectivity index (χ4n) is 1.24. The largest absolute Gasteiger partial charge is 0.323 e. The minimum Gasteiger partial charge on any atom is -0.323 e. The third-order valence-electron chi connectivity index (χ3n) is 2.11. The van der Waals surface area contributed by atoms with Crippen molar-refractivity contribution >= 4 is 40.6 Å². The minimum atomic E-state index is -0.269. The Hall–Kier alpha value is -1.13. The minimum absolute atomic E-state index is 0.0304. The highest BCUT2D eigenvalue weighted by atomic mass is 35.5. The molecule has 0 atom stereocenters. The van der Waals surface area contributed by atoms with Crippen LogP contribution in [0.3, 0.4) is 0 Å². The summed E-state index contributed by atoms with van der Waals surface area (Å²) in [7, 11) is 0. The Kier molecular flexibility index (Phi) is 4.90. The predicted octanol–water partition coefficient (Wildman–Crippen LogP) is 3.00. The van der Waals surface area contributed by atoms with Crippen molar-refractivity contribution in [3.05, 3.63) is 21.9 Å². The fraction of sp³-hybridized carbons (Fsp3) is 0.364. The summed E-state index contributed by atoms with van der Waals surface area (Å²) in [5, 5.41) is 3.03. The van der Waals surface area contributed by atoms with Crippen LogP contribution in [0.1, 0.15) is 25.3 Å². The first kappa shape index (κ1) is 13.9. The number of amides is 1. The van der Waals surface area contributed by atoms with Crippen molar-refractivity contribution in [3.63, 3.8) is 0 Å². The van der Waals surface area contributed by atoms with Crippen LogP contribution in [-0.4, -0.2) is 16.7 Å². The molecular formula is C11H12Cl2N2O2. The van der Waals surface area contributed by atoms with Gasteiger partial charge in [-0.05, 0) is 25.5 Å². The van der Waals surface area contributed by atoms with Gasteiger partial charge >= 0.3 is 0 Å². The molecule has 1 N–H and O–H groups in total. The highest BCUT2D eigenvalue weighted by molar-refractivity contribution is 6.34. The molecular weight excluding hydrogens is 263 g/mol. The molecule has 0 fully saturated rings. The molecule has 1 rings (SSSR count). The van der Waals surface area contributed by atoms with E-state index in [9.17, 15) is 9.59 Å². The molecule has 92 valence electrons. The first-order valence-corrected chi connectivity index (χ1v) is 5.77. The van der Waals surface area contributed by atoms with Crippen molar-refractivity contribution < 1.29 is 9.59 Å². The van der Waals surface area contributed by atoms with E-state index in [1.807, 2.05) is 0 Å². The molecule has 1 aromatic heterocycles. The zero-order valence-corrected chi connectivity index (χ0v) is 11.0. The molecule has 1 amide bonds. The predicted molar refractivity (Wildman–Crippen MR) is 67.5 cm³/mol. The number of nitrogens with one attached hydrogen (secondary N) is 1. The summed E-state index contributed by atoms with van der Waals surface area (Å²) in [6, 6.07) is 1.61. The van der Waals surface area contributed by atoms with Crippen molar-refractivity contribution in [1.29, 1.82) is 0 Å².